The number of para-hydroxylation sites is 2. The minimum absolute atomic E-state index is 0.163. The molecule has 7 nitrogen and oxygen atoms in total. The van der Waals surface area contributed by atoms with Gasteiger partial charge in [0.15, 0.2) is 0 Å². The molecule has 7 heteroatoms. The number of benzene rings is 3. The number of pyridine rings is 1. The van der Waals surface area contributed by atoms with Crippen LogP contribution >= 0.6 is 0 Å². The molecule has 0 spiro atoms. The fraction of sp³-hybridized carbons (Fsp3) is 0.167. The molecule has 2 N–H and O–H groups in total. The quantitative estimate of drug-likeness (QED) is 0.458. The van der Waals surface area contributed by atoms with E-state index in [2.05, 4.69) is 11.0 Å². The van der Waals surface area contributed by atoms with E-state index in [0.29, 0.717) is 43.9 Å². The van der Waals surface area contributed by atoms with E-state index in [9.17, 15) is 9.59 Å². The summed E-state index contributed by atoms with van der Waals surface area (Å²) in [5, 5.41) is 0. The molecule has 0 saturated carbocycles. The van der Waals surface area contributed by atoms with E-state index in [-0.39, 0.29) is 5.91 Å². The van der Waals surface area contributed by atoms with Crippen LogP contribution < -0.4 is 20.3 Å². The highest BCUT2D eigenvalue weighted by Gasteiger charge is 2.27. The van der Waals surface area contributed by atoms with Crippen LogP contribution in [0.15, 0.2) is 84.9 Å². The van der Waals surface area contributed by atoms with Gasteiger partial charge in [-0.2, -0.15) is 0 Å². The number of hydrogen-bond donors (Lipinski definition) is 1. The number of carbonyl (C=O) groups is 2. The second-order valence-electron chi connectivity index (χ2n) is 9.22. The molecule has 0 bridgehead atoms. The zero-order valence-corrected chi connectivity index (χ0v) is 20.3. The maximum absolute atomic E-state index is 13.9. The van der Waals surface area contributed by atoms with Crippen LogP contribution in [0.3, 0.4) is 0 Å². The summed E-state index contributed by atoms with van der Waals surface area (Å²) in [7, 11) is 0. The normalized spacial score (nSPS) is 14.4. The van der Waals surface area contributed by atoms with Crippen LogP contribution in [0, 0.1) is 0 Å². The number of nitrogens with zero attached hydrogens (tertiary/aromatic N) is 3. The molecule has 37 heavy (non-hydrogen) atoms. The van der Waals surface area contributed by atoms with E-state index in [4.69, 9.17) is 15.5 Å². The number of aromatic nitrogens is 1. The molecule has 6 rings (SSSR count). The maximum atomic E-state index is 13.9. The Bertz CT molecular complexity index is 1520. The minimum Gasteiger partial charge on any atom is -0.491 e. The molecule has 3 aromatic carbocycles. The summed E-state index contributed by atoms with van der Waals surface area (Å²) in [5.41, 5.74) is 11.2. The Hall–Kier alpha value is -4.65. The van der Waals surface area contributed by atoms with Crippen molar-refractivity contribution in [3.63, 3.8) is 0 Å². The van der Waals surface area contributed by atoms with E-state index in [0.717, 1.165) is 39.5 Å². The molecule has 1 aromatic heterocycles. The number of primary amides is 1. The first-order chi connectivity index (χ1) is 18.1. The highest BCUT2D eigenvalue weighted by atomic mass is 16.5. The average Bonchev–Trinajstić information content (AvgIpc) is 3.25. The van der Waals surface area contributed by atoms with Gasteiger partial charge in [-0.1, -0.05) is 48.5 Å². The number of carbonyl (C=O) groups excluding carboxylic acids is 2. The molecule has 2 aliphatic heterocycles. The number of nitrogens with two attached hydrogens (primary N) is 1. The number of rotatable bonds is 3. The summed E-state index contributed by atoms with van der Waals surface area (Å²) in [6.07, 6.45) is 0.594. The van der Waals surface area contributed by atoms with Crippen LogP contribution in [0.25, 0.3) is 11.1 Å². The van der Waals surface area contributed by atoms with Gasteiger partial charge in [-0.05, 0) is 53.9 Å². The monoisotopic (exact) mass is 490 g/mol. The van der Waals surface area contributed by atoms with Crippen LogP contribution in [-0.2, 0) is 13.0 Å². The fourth-order valence-electron chi connectivity index (χ4n) is 5.10. The lowest BCUT2D eigenvalue weighted by molar-refractivity contribution is 0.0979. The summed E-state index contributed by atoms with van der Waals surface area (Å²) in [5.74, 6) is 1.00. The van der Waals surface area contributed by atoms with E-state index >= 15 is 0 Å². The molecule has 2 amide bonds. The number of anilines is 2. The van der Waals surface area contributed by atoms with Gasteiger partial charge in [0.05, 0.1) is 12.2 Å². The van der Waals surface area contributed by atoms with Gasteiger partial charge < -0.3 is 20.3 Å². The van der Waals surface area contributed by atoms with Gasteiger partial charge in [-0.3, -0.25) is 9.59 Å². The summed E-state index contributed by atoms with van der Waals surface area (Å²) >= 11 is 0. The molecule has 0 unspecified atom stereocenters. The van der Waals surface area contributed by atoms with Crippen molar-refractivity contribution in [1.82, 2.24) is 4.98 Å². The van der Waals surface area contributed by atoms with E-state index in [1.54, 1.807) is 17.0 Å². The lowest BCUT2D eigenvalue weighted by Crippen LogP contribution is -2.34. The Morgan fingerprint density at radius 1 is 0.838 bits per heavy atom. The predicted molar refractivity (Wildman–Crippen MR) is 143 cm³/mol. The Morgan fingerprint density at radius 3 is 2.57 bits per heavy atom. The molecule has 0 saturated heterocycles. The van der Waals surface area contributed by atoms with Crippen LogP contribution in [0.5, 0.6) is 5.75 Å². The van der Waals surface area contributed by atoms with E-state index in [1.807, 2.05) is 66.7 Å². The van der Waals surface area contributed by atoms with Crippen molar-refractivity contribution >= 4 is 23.3 Å². The van der Waals surface area contributed by atoms with Crippen LogP contribution in [0.2, 0.25) is 0 Å². The van der Waals surface area contributed by atoms with Gasteiger partial charge in [0.1, 0.15) is 23.9 Å². The van der Waals surface area contributed by atoms with Crippen molar-refractivity contribution in [3.05, 3.63) is 107 Å². The number of amides is 2. The Balaban J connectivity index is 1.33. The molecule has 0 radical (unpaired) electrons. The molecular formula is C30H26N4O3. The topological polar surface area (TPSA) is 88.8 Å². The summed E-state index contributed by atoms with van der Waals surface area (Å²) < 4.78 is 5.91. The first kappa shape index (κ1) is 22.8. The zero-order valence-electron chi connectivity index (χ0n) is 20.3. The minimum atomic E-state index is -0.462. The molecule has 0 fully saturated rings. The Morgan fingerprint density at radius 2 is 1.68 bits per heavy atom. The smallest absolute Gasteiger partial charge is 0.276 e. The van der Waals surface area contributed by atoms with Crippen molar-refractivity contribution in [2.75, 3.05) is 29.5 Å². The van der Waals surface area contributed by atoms with Gasteiger partial charge in [0.2, 0.25) is 5.91 Å². The third-order valence-electron chi connectivity index (χ3n) is 6.95. The van der Waals surface area contributed by atoms with Crippen LogP contribution in [-0.4, -0.2) is 36.5 Å². The molecule has 184 valence electrons. The van der Waals surface area contributed by atoms with Crippen molar-refractivity contribution in [3.8, 4) is 16.9 Å². The maximum Gasteiger partial charge on any atom is 0.276 e. The van der Waals surface area contributed by atoms with Crippen molar-refractivity contribution in [2.45, 2.75) is 13.0 Å². The molecule has 2 aliphatic rings. The zero-order chi connectivity index (χ0) is 25.4. The Kier molecular flexibility index (Phi) is 5.81. The van der Waals surface area contributed by atoms with Crippen LogP contribution in [0.1, 0.15) is 32.0 Å². The first-order valence-electron chi connectivity index (χ1n) is 12.4. The molecule has 4 aromatic rings. The third kappa shape index (κ3) is 4.29. The van der Waals surface area contributed by atoms with E-state index in [1.165, 1.54) is 0 Å². The molecule has 3 heterocycles. The first-order valence-corrected chi connectivity index (χ1v) is 12.4. The van der Waals surface area contributed by atoms with Crippen molar-refractivity contribution in [1.29, 1.82) is 0 Å². The van der Waals surface area contributed by atoms with Gasteiger partial charge in [-0.25, -0.2) is 4.98 Å². The summed E-state index contributed by atoms with van der Waals surface area (Å²) in [6.45, 7) is 2.33. The van der Waals surface area contributed by atoms with Gasteiger partial charge in [0, 0.05) is 29.8 Å². The van der Waals surface area contributed by atoms with Gasteiger partial charge in [-0.15, -0.1) is 0 Å². The highest BCUT2D eigenvalue weighted by molar-refractivity contribution is 6.08. The lowest BCUT2D eigenvalue weighted by atomic mass is 9.96. The molecule has 0 aliphatic carbocycles. The largest absolute Gasteiger partial charge is 0.491 e. The van der Waals surface area contributed by atoms with Crippen molar-refractivity contribution < 1.29 is 14.3 Å². The Labute approximate surface area is 215 Å². The summed E-state index contributed by atoms with van der Waals surface area (Å²) in [4.78, 5) is 34.4. The second kappa shape index (κ2) is 9.43. The van der Waals surface area contributed by atoms with E-state index < -0.39 is 5.91 Å². The average molecular weight is 491 g/mol. The van der Waals surface area contributed by atoms with Crippen LogP contribution in [0.4, 0.5) is 11.5 Å². The van der Waals surface area contributed by atoms with Crippen molar-refractivity contribution in [2.24, 2.45) is 5.73 Å². The lowest BCUT2D eigenvalue weighted by Gasteiger charge is -2.24. The fourth-order valence-corrected chi connectivity index (χ4v) is 5.10. The number of fused-ring (bicyclic) bond motifs is 4. The number of ether oxygens (including phenoxy) is 1. The SMILES string of the molecule is NC(=O)c1ccc2c(c1)CCN(C(=O)c1cccc(N3CCOc4ccccc4C3)n1)c1ccccc1-2. The standard InChI is InChI=1S/C30H26N4O3/c31-29(35)21-12-13-23-20(18-21)14-15-34(26-9-3-2-7-24(23)26)30(36)25-8-5-11-28(32-25)33-16-17-37-27-10-4-1-6-22(27)19-33/h1-13,18H,14-17,19H2,(H2,31,35). The molecular weight excluding hydrogens is 464 g/mol. The third-order valence-corrected chi connectivity index (χ3v) is 6.95. The summed E-state index contributed by atoms with van der Waals surface area (Å²) in [6, 6.07) is 26.9. The highest BCUT2D eigenvalue weighted by Crippen LogP contribution is 2.37. The second-order valence-corrected chi connectivity index (χ2v) is 9.22. The number of hydrogen-bond acceptors (Lipinski definition) is 5. The van der Waals surface area contributed by atoms with Gasteiger partial charge >= 0.3 is 0 Å². The van der Waals surface area contributed by atoms with Gasteiger partial charge in [0.25, 0.3) is 5.91 Å². The molecule has 0 atom stereocenters. The predicted octanol–water partition coefficient (Wildman–Crippen LogP) is 4.45.